The van der Waals surface area contributed by atoms with Crippen molar-refractivity contribution in [3.63, 3.8) is 0 Å². The van der Waals surface area contributed by atoms with Crippen LogP contribution in [-0.2, 0) is 6.61 Å². The Morgan fingerprint density at radius 1 is 1.30 bits per heavy atom. The topological polar surface area (TPSA) is 88.5 Å². The van der Waals surface area contributed by atoms with E-state index in [4.69, 9.17) is 0 Å². The average Bonchev–Trinajstić information content (AvgIpc) is 2.80. The molecule has 1 heterocycles. The number of aliphatic hydroxyl groups is 2. The number of nitrogens with one attached hydrogen (secondary N) is 2. The zero-order valence-corrected chi connectivity index (χ0v) is 12.1. The highest BCUT2D eigenvalue weighted by atomic mass is 16.3. The van der Waals surface area contributed by atoms with E-state index in [2.05, 4.69) is 10.3 Å². The molecule has 110 valence electrons. The minimum Gasteiger partial charge on any atom is -0.506 e. The lowest BCUT2D eigenvalue weighted by molar-refractivity contribution is 0.164. The minimum atomic E-state index is -0.681. The molecule has 0 spiro atoms. The number of benzene rings is 1. The van der Waals surface area contributed by atoms with Crippen molar-refractivity contribution in [2.24, 2.45) is 0 Å². The molecule has 0 aliphatic carbocycles. The van der Waals surface area contributed by atoms with Gasteiger partial charge in [0.25, 0.3) is 0 Å². The van der Waals surface area contributed by atoms with Crippen LogP contribution in [0.5, 0.6) is 5.75 Å². The molecule has 5 heteroatoms. The molecule has 20 heavy (non-hydrogen) atoms. The predicted octanol–water partition coefficient (Wildman–Crippen LogP) is 1.79. The van der Waals surface area contributed by atoms with Gasteiger partial charge in [0.05, 0.1) is 18.2 Å². The number of rotatable bonds is 4. The molecular formula is C15H22N2O3. The molecule has 0 fully saturated rings. The van der Waals surface area contributed by atoms with Crippen LogP contribution in [0.15, 0.2) is 18.2 Å². The number of aromatic hydroxyl groups is 1. The number of hydrogen-bond acceptors (Lipinski definition) is 4. The van der Waals surface area contributed by atoms with Crippen molar-refractivity contribution in [3.8, 4) is 5.75 Å². The molecule has 1 aromatic carbocycles. The first-order valence-electron chi connectivity index (χ1n) is 6.69. The van der Waals surface area contributed by atoms with Crippen LogP contribution >= 0.6 is 0 Å². The van der Waals surface area contributed by atoms with E-state index in [9.17, 15) is 15.3 Å². The molecule has 1 unspecified atom stereocenters. The first kappa shape index (κ1) is 14.8. The third kappa shape index (κ3) is 3.12. The Morgan fingerprint density at radius 3 is 2.60 bits per heavy atom. The number of aromatic amines is 1. The Kier molecular flexibility index (Phi) is 4.04. The van der Waals surface area contributed by atoms with Gasteiger partial charge < -0.3 is 25.6 Å². The van der Waals surface area contributed by atoms with Gasteiger partial charge in [0.2, 0.25) is 0 Å². The molecule has 2 rings (SSSR count). The van der Waals surface area contributed by atoms with Crippen molar-refractivity contribution >= 4 is 10.9 Å². The number of aromatic nitrogens is 1. The summed E-state index contributed by atoms with van der Waals surface area (Å²) in [4.78, 5) is 2.95. The predicted molar refractivity (Wildman–Crippen MR) is 78.6 cm³/mol. The van der Waals surface area contributed by atoms with Crippen LogP contribution in [0.4, 0.5) is 0 Å². The molecule has 0 aliphatic rings. The Morgan fingerprint density at radius 2 is 2.00 bits per heavy atom. The highest BCUT2D eigenvalue weighted by molar-refractivity contribution is 5.89. The minimum absolute atomic E-state index is 0.0780. The summed E-state index contributed by atoms with van der Waals surface area (Å²) >= 11 is 0. The second-order valence-corrected chi connectivity index (χ2v) is 6.06. The number of phenols is 1. The highest BCUT2D eigenvalue weighted by Crippen LogP contribution is 2.31. The zero-order chi connectivity index (χ0) is 14.9. The lowest BCUT2D eigenvalue weighted by atomic mass is 10.0. The molecule has 0 radical (unpaired) electrons. The summed E-state index contributed by atoms with van der Waals surface area (Å²) < 4.78 is 0. The molecule has 0 aliphatic heterocycles. The van der Waals surface area contributed by atoms with E-state index in [1.807, 2.05) is 20.8 Å². The molecule has 0 saturated heterocycles. The van der Waals surface area contributed by atoms with Crippen molar-refractivity contribution in [2.75, 3.05) is 6.54 Å². The Bertz CT molecular complexity index is 599. The van der Waals surface area contributed by atoms with Crippen molar-refractivity contribution in [1.82, 2.24) is 10.3 Å². The van der Waals surface area contributed by atoms with E-state index in [0.29, 0.717) is 17.8 Å². The van der Waals surface area contributed by atoms with Gasteiger partial charge in [-0.25, -0.2) is 0 Å². The van der Waals surface area contributed by atoms with Gasteiger partial charge in [-0.05, 0) is 38.5 Å². The number of β-amino-alcohol motifs (C(OH)–C–C–N with tert-alkyl or cyclic N) is 1. The molecule has 1 atom stereocenters. The van der Waals surface area contributed by atoms with E-state index in [0.717, 1.165) is 10.9 Å². The van der Waals surface area contributed by atoms with E-state index in [1.54, 1.807) is 18.2 Å². The van der Waals surface area contributed by atoms with Crippen molar-refractivity contribution < 1.29 is 15.3 Å². The molecule has 0 saturated carbocycles. The van der Waals surface area contributed by atoms with Crippen LogP contribution < -0.4 is 5.32 Å². The molecule has 0 amide bonds. The van der Waals surface area contributed by atoms with Gasteiger partial charge in [0.1, 0.15) is 5.75 Å². The maximum absolute atomic E-state index is 10.3. The first-order chi connectivity index (χ1) is 9.31. The lowest BCUT2D eigenvalue weighted by Gasteiger charge is -2.23. The molecule has 5 N–H and O–H groups in total. The number of phenolic OH excluding ortho intramolecular Hbond substituents is 1. The summed E-state index contributed by atoms with van der Waals surface area (Å²) in [5.74, 6) is 0.111. The average molecular weight is 278 g/mol. The normalized spacial score (nSPS) is 13.8. The Hall–Kier alpha value is -1.56. The quantitative estimate of drug-likeness (QED) is 0.590. The van der Waals surface area contributed by atoms with Crippen LogP contribution in [-0.4, -0.2) is 32.4 Å². The number of aliphatic hydroxyl groups excluding tert-OH is 2. The van der Waals surface area contributed by atoms with Crippen LogP contribution in [0.1, 0.15) is 38.1 Å². The molecule has 0 bridgehead atoms. The van der Waals surface area contributed by atoms with Crippen LogP contribution in [0.2, 0.25) is 0 Å². The summed E-state index contributed by atoms with van der Waals surface area (Å²) in [7, 11) is 0. The molecule has 2 aromatic rings. The smallest absolute Gasteiger partial charge is 0.139 e. The summed E-state index contributed by atoms with van der Waals surface area (Å²) in [5.41, 5.74) is 1.80. The van der Waals surface area contributed by atoms with Gasteiger partial charge in [-0.1, -0.05) is 6.07 Å². The van der Waals surface area contributed by atoms with Gasteiger partial charge in [0, 0.05) is 23.2 Å². The van der Waals surface area contributed by atoms with E-state index < -0.39 is 6.10 Å². The van der Waals surface area contributed by atoms with Gasteiger partial charge in [-0.2, -0.15) is 0 Å². The van der Waals surface area contributed by atoms with Crippen LogP contribution in [0, 0.1) is 0 Å². The van der Waals surface area contributed by atoms with Gasteiger partial charge >= 0.3 is 0 Å². The summed E-state index contributed by atoms with van der Waals surface area (Å²) in [6.45, 7) is 6.39. The molecule has 1 aromatic heterocycles. The zero-order valence-electron chi connectivity index (χ0n) is 12.1. The number of hydrogen-bond donors (Lipinski definition) is 5. The fraction of sp³-hybridized carbons (Fsp3) is 0.467. The lowest BCUT2D eigenvalue weighted by Crippen LogP contribution is -2.38. The summed E-state index contributed by atoms with van der Waals surface area (Å²) in [6.07, 6.45) is -0.681. The largest absolute Gasteiger partial charge is 0.506 e. The first-order valence-corrected chi connectivity index (χ1v) is 6.69. The standard InChI is InChI=1S/C15H22N2O3/c1-15(2,3)16-7-13(20)10-4-5-12(19)14-11(10)6-9(8-18)17-14/h4-6,13,16-20H,7-8H2,1-3H3. The van der Waals surface area contributed by atoms with Crippen molar-refractivity contribution in [3.05, 3.63) is 29.5 Å². The van der Waals surface area contributed by atoms with Crippen LogP contribution in [0.3, 0.4) is 0 Å². The molecular weight excluding hydrogens is 256 g/mol. The fourth-order valence-corrected chi connectivity index (χ4v) is 2.17. The fourth-order valence-electron chi connectivity index (χ4n) is 2.17. The second-order valence-electron chi connectivity index (χ2n) is 6.06. The van der Waals surface area contributed by atoms with Crippen LogP contribution in [0.25, 0.3) is 10.9 Å². The van der Waals surface area contributed by atoms with Gasteiger partial charge in [-0.3, -0.25) is 0 Å². The van der Waals surface area contributed by atoms with E-state index in [-0.39, 0.29) is 17.9 Å². The number of H-pyrrole nitrogens is 1. The van der Waals surface area contributed by atoms with E-state index >= 15 is 0 Å². The second kappa shape index (κ2) is 5.44. The summed E-state index contributed by atoms with van der Waals surface area (Å²) in [6, 6.07) is 5.02. The van der Waals surface area contributed by atoms with E-state index in [1.165, 1.54) is 0 Å². The maximum Gasteiger partial charge on any atom is 0.139 e. The molecule has 5 nitrogen and oxygen atoms in total. The summed E-state index contributed by atoms with van der Waals surface area (Å²) in [5, 5.41) is 33.3. The Balaban J connectivity index is 2.34. The monoisotopic (exact) mass is 278 g/mol. The van der Waals surface area contributed by atoms with Gasteiger partial charge in [-0.15, -0.1) is 0 Å². The maximum atomic E-state index is 10.3. The third-order valence-corrected chi connectivity index (χ3v) is 3.22. The SMILES string of the molecule is CC(C)(C)NCC(O)c1ccc(O)c2[nH]c(CO)cc12. The highest BCUT2D eigenvalue weighted by Gasteiger charge is 2.17. The number of fused-ring (bicyclic) bond motifs is 1. The Labute approximate surface area is 118 Å². The third-order valence-electron chi connectivity index (χ3n) is 3.22. The van der Waals surface area contributed by atoms with Crippen molar-refractivity contribution in [1.29, 1.82) is 0 Å². The van der Waals surface area contributed by atoms with Crippen molar-refractivity contribution in [2.45, 2.75) is 39.0 Å². The van der Waals surface area contributed by atoms with Gasteiger partial charge in [0.15, 0.2) is 0 Å².